The summed E-state index contributed by atoms with van der Waals surface area (Å²) >= 11 is 0. The lowest BCUT2D eigenvalue weighted by molar-refractivity contribution is 0.488. The van der Waals surface area contributed by atoms with E-state index >= 15 is 0 Å². The third-order valence-electron chi connectivity index (χ3n) is 13.9. The number of fused-ring (bicyclic) bond motifs is 5. The molecule has 0 bridgehead atoms. The lowest BCUT2D eigenvalue weighted by Gasteiger charge is -2.35. The van der Waals surface area contributed by atoms with E-state index in [1.807, 2.05) is 0 Å². The van der Waals surface area contributed by atoms with E-state index < -0.39 is 5.41 Å². The van der Waals surface area contributed by atoms with Gasteiger partial charge >= 0.3 is 0 Å². The van der Waals surface area contributed by atoms with Crippen LogP contribution in [0.15, 0.2) is 267 Å². The molecule has 0 atom stereocenters. The van der Waals surface area contributed by atoms with Crippen LogP contribution in [0.1, 0.15) is 22.3 Å². The number of anilines is 6. The van der Waals surface area contributed by atoms with Crippen LogP contribution in [0.5, 0.6) is 11.5 Å². The Morgan fingerprint density at radius 1 is 0.324 bits per heavy atom. The van der Waals surface area contributed by atoms with Crippen molar-refractivity contribution in [3.63, 3.8) is 0 Å². The molecule has 0 spiro atoms. The van der Waals surface area contributed by atoms with Gasteiger partial charge in [0.15, 0.2) is 5.75 Å². The fourth-order valence-corrected chi connectivity index (χ4v) is 11.0. The molecule has 1 aliphatic heterocycles. The predicted molar refractivity (Wildman–Crippen MR) is 282 cm³/mol. The van der Waals surface area contributed by atoms with Gasteiger partial charge in [0.1, 0.15) is 5.75 Å². The second-order valence-electron chi connectivity index (χ2n) is 17.6. The predicted octanol–water partition coefficient (Wildman–Crippen LogP) is 17.6. The standard InChI is InChI=1S/C65H44N2O/c1-6-20-45(21-7-1)46-36-39-52(40-37-46)67(53-41-42-55-54-31-16-17-33-57(54)65(58(55)44-53,48-23-8-2-9-24-48)49-25-10-3-11-26-49)60-43-38-47-22-18-32-56-62(47)64(60)68-61-35-19-34-59(63(56)61)66(50-27-12-4-13-28-50)51-29-14-5-15-30-51/h1-44H. The summed E-state index contributed by atoms with van der Waals surface area (Å²) in [5.74, 6) is 1.63. The molecule has 320 valence electrons. The first kappa shape index (κ1) is 39.4. The zero-order chi connectivity index (χ0) is 45.0. The molecule has 2 aliphatic rings. The largest absolute Gasteiger partial charge is 0.454 e. The van der Waals surface area contributed by atoms with E-state index in [1.165, 1.54) is 38.9 Å². The summed E-state index contributed by atoms with van der Waals surface area (Å²) in [5, 5.41) is 2.19. The maximum absolute atomic E-state index is 7.41. The molecule has 68 heavy (non-hydrogen) atoms. The summed E-state index contributed by atoms with van der Waals surface area (Å²) in [6, 6.07) is 96.5. The Bertz CT molecular complexity index is 3550. The van der Waals surface area contributed by atoms with E-state index in [0.717, 1.165) is 73.1 Å². The molecule has 0 unspecified atom stereocenters. The Morgan fingerprint density at radius 2 is 0.838 bits per heavy atom. The van der Waals surface area contributed by atoms with Gasteiger partial charge in [-0.2, -0.15) is 0 Å². The molecule has 0 aromatic heterocycles. The van der Waals surface area contributed by atoms with Crippen LogP contribution >= 0.6 is 0 Å². The Balaban J connectivity index is 1.06. The average molecular weight is 869 g/mol. The highest BCUT2D eigenvalue weighted by molar-refractivity contribution is 6.11. The smallest absolute Gasteiger partial charge is 0.159 e. The monoisotopic (exact) mass is 868 g/mol. The summed E-state index contributed by atoms with van der Waals surface area (Å²) in [6.45, 7) is 0. The molecule has 0 saturated carbocycles. The molecule has 13 rings (SSSR count). The van der Waals surface area contributed by atoms with Gasteiger partial charge in [-0.15, -0.1) is 0 Å². The Morgan fingerprint density at radius 3 is 1.51 bits per heavy atom. The molecule has 0 N–H and O–H groups in total. The zero-order valence-electron chi connectivity index (χ0n) is 37.2. The maximum atomic E-state index is 7.41. The van der Waals surface area contributed by atoms with Crippen molar-refractivity contribution in [3.8, 4) is 44.9 Å². The SMILES string of the molecule is c1ccc(-c2ccc(N(c3ccc4c(c3)C(c3ccccc3)(c3ccccc3)c3ccccc3-4)c3ccc4cccc5c4c3Oc3cccc(N(c4ccccc4)c4ccccc4)c3-5)cc2)cc1. The van der Waals surface area contributed by atoms with E-state index in [0.29, 0.717) is 0 Å². The van der Waals surface area contributed by atoms with Crippen molar-refractivity contribution < 1.29 is 4.74 Å². The van der Waals surface area contributed by atoms with Crippen molar-refractivity contribution in [2.75, 3.05) is 9.80 Å². The molecular formula is C65H44N2O. The Hall–Kier alpha value is -8.92. The van der Waals surface area contributed by atoms with Crippen LogP contribution in [0, 0.1) is 0 Å². The first-order chi connectivity index (χ1) is 33.8. The maximum Gasteiger partial charge on any atom is 0.159 e. The quantitative estimate of drug-likeness (QED) is 0.144. The second kappa shape index (κ2) is 16.2. The minimum atomic E-state index is -0.562. The van der Waals surface area contributed by atoms with Crippen molar-refractivity contribution in [2.24, 2.45) is 0 Å². The first-order valence-electron chi connectivity index (χ1n) is 23.3. The van der Waals surface area contributed by atoms with E-state index in [9.17, 15) is 0 Å². The van der Waals surface area contributed by atoms with Crippen LogP contribution in [0.4, 0.5) is 34.1 Å². The zero-order valence-corrected chi connectivity index (χ0v) is 37.2. The van der Waals surface area contributed by atoms with Gasteiger partial charge in [0, 0.05) is 33.7 Å². The number of para-hydroxylation sites is 2. The second-order valence-corrected chi connectivity index (χ2v) is 17.6. The molecule has 0 fully saturated rings. The third-order valence-corrected chi connectivity index (χ3v) is 13.9. The third kappa shape index (κ3) is 6.21. The summed E-state index contributed by atoms with van der Waals surface area (Å²) in [4.78, 5) is 4.74. The number of hydrogen-bond donors (Lipinski definition) is 0. The summed E-state index contributed by atoms with van der Waals surface area (Å²) in [6.07, 6.45) is 0. The molecule has 0 saturated heterocycles. The average Bonchev–Trinajstić information content (AvgIpc) is 3.71. The molecule has 3 heteroatoms. The van der Waals surface area contributed by atoms with E-state index in [2.05, 4.69) is 277 Å². The van der Waals surface area contributed by atoms with Gasteiger partial charge in [-0.25, -0.2) is 0 Å². The Labute approximate surface area is 397 Å². The van der Waals surface area contributed by atoms with Gasteiger partial charge in [0.25, 0.3) is 0 Å². The van der Waals surface area contributed by atoms with Crippen molar-refractivity contribution in [1.29, 1.82) is 0 Å². The van der Waals surface area contributed by atoms with Crippen LogP contribution in [-0.2, 0) is 5.41 Å². The highest BCUT2D eigenvalue weighted by atomic mass is 16.5. The molecule has 1 aliphatic carbocycles. The van der Waals surface area contributed by atoms with Crippen LogP contribution < -0.4 is 14.5 Å². The van der Waals surface area contributed by atoms with Crippen LogP contribution in [0.3, 0.4) is 0 Å². The van der Waals surface area contributed by atoms with E-state index in [4.69, 9.17) is 4.74 Å². The molecule has 0 radical (unpaired) electrons. The number of benzene rings is 11. The van der Waals surface area contributed by atoms with Crippen molar-refractivity contribution in [1.82, 2.24) is 0 Å². The van der Waals surface area contributed by atoms with Crippen LogP contribution in [0.2, 0.25) is 0 Å². The number of nitrogens with zero attached hydrogens (tertiary/aromatic N) is 2. The number of ether oxygens (including phenoxy) is 1. The van der Waals surface area contributed by atoms with Gasteiger partial charge < -0.3 is 14.5 Å². The molecule has 11 aromatic rings. The van der Waals surface area contributed by atoms with Gasteiger partial charge in [0.2, 0.25) is 0 Å². The van der Waals surface area contributed by atoms with Crippen molar-refractivity contribution in [2.45, 2.75) is 5.41 Å². The van der Waals surface area contributed by atoms with Gasteiger partial charge in [0.05, 0.1) is 16.8 Å². The number of rotatable bonds is 9. The summed E-state index contributed by atoms with van der Waals surface area (Å²) in [5.41, 5.74) is 17.7. The van der Waals surface area contributed by atoms with Gasteiger partial charge in [-0.05, 0) is 122 Å². The van der Waals surface area contributed by atoms with Crippen LogP contribution in [0.25, 0.3) is 44.2 Å². The molecule has 1 heterocycles. The fraction of sp³-hybridized carbons (Fsp3) is 0.0154. The lowest BCUT2D eigenvalue weighted by atomic mass is 9.67. The van der Waals surface area contributed by atoms with Crippen LogP contribution in [-0.4, -0.2) is 0 Å². The molecular weight excluding hydrogens is 825 g/mol. The highest BCUT2D eigenvalue weighted by Gasteiger charge is 2.46. The van der Waals surface area contributed by atoms with Crippen molar-refractivity contribution >= 4 is 44.9 Å². The minimum absolute atomic E-state index is 0.562. The van der Waals surface area contributed by atoms with E-state index in [-0.39, 0.29) is 0 Å². The fourth-order valence-electron chi connectivity index (χ4n) is 11.0. The summed E-state index contributed by atoms with van der Waals surface area (Å²) in [7, 11) is 0. The molecule has 11 aromatic carbocycles. The molecule has 0 amide bonds. The molecule has 3 nitrogen and oxygen atoms in total. The summed E-state index contributed by atoms with van der Waals surface area (Å²) < 4.78 is 7.41. The van der Waals surface area contributed by atoms with Gasteiger partial charge in [-0.3, -0.25) is 0 Å². The van der Waals surface area contributed by atoms with Gasteiger partial charge in [-0.1, -0.05) is 200 Å². The first-order valence-corrected chi connectivity index (χ1v) is 23.3. The normalized spacial score (nSPS) is 12.6. The topological polar surface area (TPSA) is 15.7 Å². The minimum Gasteiger partial charge on any atom is -0.454 e. The lowest BCUT2D eigenvalue weighted by Crippen LogP contribution is -2.28. The highest BCUT2D eigenvalue weighted by Crippen LogP contribution is 2.59. The number of hydrogen-bond acceptors (Lipinski definition) is 3. The van der Waals surface area contributed by atoms with E-state index in [1.54, 1.807) is 0 Å². The van der Waals surface area contributed by atoms with Crippen molar-refractivity contribution in [3.05, 3.63) is 289 Å². The Kier molecular flexibility index (Phi) is 9.40.